The average Bonchev–Trinajstić information content (AvgIpc) is 1.00. The summed E-state index contributed by atoms with van der Waals surface area (Å²) in [6, 6.07) is 0. The van der Waals surface area contributed by atoms with Crippen LogP contribution in [0.4, 0.5) is 14.1 Å². The first kappa shape index (κ1) is 53.0. The van der Waals surface area contributed by atoms with Gasteiger partial charge in [-0.05, 0) is 0 Å². The summed E-state index contributed by atoms with van der Waals surface area (Å²) < 4.78 is 8.30. The molecule has 0 bridgehead atoms. The Bertz CT molecular complexity index is 6.85. The molecule has 0 spiro atoms. The van der Waals surface area contributed by atoms with Gasteiger partial charge in [0.25, 0.3) is 0 Å². The molecule has 35 valence electrons. The third-order valence-electron chi connectivity index (χ3n) is 0. The summed E-state index contributed by atoms with van der Waals surface area (Å²) in [4.78, 5) is 0. The molecule has 0 heterocycles. The van der Waals surface area contributed by atoms with E-state index in [1.165, 1.54) is 0 Å². The maximum absolute atomic E-state index is 8.30. The van der Waals surface area contributed by atoms with Gasteiger partial charge in [-0.2, -0.15) is 0 Å². The van der Waals surface area contributed by atoms with E-state index in [2.05, 4.69) is 0 Å². The normalized spacial score (nSPS) is 0.800. The Labute approximate surface area is 40.7 Å². The molecule has 1 nitrogen and oxygen atoms in total. The molecular weight excluding hydrogens is 195 g/mol. The van der Waals surface area contributed by atoms with Crippen LogP contribution >= 0.6 is 0 Å². The summed E-state index contributed by atoms with van der Waals surface area (Å²) in [5.41, 5.74) is 0. The molecule has 0 unspecified atom stereocenters. The molecule has 0 rings (SSSR count). The van der Waals surface area contributed by atoms with Gasteiger partial charge in [-0.25, -0.2) is 0 Å². The van der Waals surface area contributed by atoms with Crippen LogP contribution in [-0.2, 0) is 3.02 Å². The van der Waals surface area contributed by atoms with E-state index in [0.29, 0.717) is 23.0 Å². The van der Waals surface area contributed by atoms with E-state index >= 15 is 0 Å². The van der Waals surface area contributed by atoms with Crippen LogP contribution in [0.2, 0.25) is 0 Å². The van der Waals surface area contributed by atoms with Crippen molar-refractivity contribution in [2.45, 2.75) is 0 Å². The zero-order valence-electron chi connectivity index (χ0n) is 2.08. The number of halogens is 3. The van der Waals surface area contributed by atoms with Gasteiger partial charge in [0.05, 0.1) is 0 Å². The van der Waals surface area contributed by atoms with Gasteiger partial charge in [0.2, 0.25) is 0 Å². The first-order chi connectivity index (χ1) is 1.00. The van der Waals surface area contributed by atoms with Crippen LogP contribution in [-0.4, -0.2) is 23.0 Å². The summed E-state index contributed by atoms with van der Waals surface area (Å²) in [6.07, 6.45) is 0. The Balaban J connectivity index is -0.00000000167. The van der Waals surface area contributed by atoms with Crippen LogP contribution in [0.5, 0.6) is 0 Å². The molecule has 0 aliphatic rings. The van der Waals surface area contributed by atoms with Crippen molar-refractivity contribution in [2.75, 3.05) is 0 Å². The van der Waals surface area contributed by atoms with Crippen molar-refractivity contribution < 1.29 is 17.1 Å². The molecule has 0 atom stereocenters. The molecule has 0 aromatic rings. The van der Waals surface area contributed by atoms with E-state index in [-0.39, 0.29) is 14.1 Å². The second-order valence-electron chi connectivity index (χ2n) is 0. The van der Waals surface area contributed by atoms with Crippen molar-refractivity contribution in [2.24, 2.45) is 0 Å². The summed E-state index contributed by atoms with van der Waals surface area (Å²) in [6.45, 7) is 0. The Morgan fingerprint density at radius 3 is 0.800 bits per heavy atom. The van der Waals surface area contributed by atoms with Gasteiger partial charge in [-0.15, -0.1) is 0 Å². The minimum absolute atomic E-state index is 0. The van der Waals surface area contributed by atoms with E-state index in [1.807, 2.05) is 0 Å². The monoisotopic (exact) mass is 197 g/mol. The second kappa shape index (κ2) is 307. The van der Waals surface area contributed by atoms with Gasteiger partial charge in [0.1, 0.15) is 0 Å². The van der Waals surface area contributed by atoms with Gasteiger partial charge in [0.15, 0.2) is 0 Å². The SMILES string of the molecule is F.F.F.[O]=[Sb]. The third-order valence-corrected chi connectivity index (χ3v) is 0. The van der Waals surface area contributed by atoms with Crippen LogP contribution in [0.3, 0.4) is 0 Å². The van der Waals surface area contributed by atoms with E-state index in [4.69, 9.17) is 3.02 Å². The quantitative estimate of drug-likeness (QED) is 0.499. The summed E-state index contributed by atoms with van der Waals surface area (Å²) >= 11 is 0.500. The molecule has 0 saturated heterocycles. The third kappa shape index (κ3) is 153. The van der Waals surface area contributed by atoms with Crippen LogP contribution in [0, 0.1) is 0 Å². The first-order valence-corrected chi connectivity index (χ1v) is 1.22. The molecule has 0 fully saturated rings. The van der Waals surface area contributed by atoms with Crippen LogP contribution in [0.25, 0.3) is 0 Å². The van der Waals surface area contributed by atoms with Crippen molar-refractivity contribution in [1.29, 1.82) is 0 Å². The van der Waals surface area contributed by atoms with E-state index in [1.54, 1.807) is 0 Å². The zero-order chi connectivity index (χ0) is 2.00. The standard InChI is InChI=1S/3FH.O.Sb/h3*1H;;. The van der Waals surface area contributed by atoms with Crippen molar-refractivity contribution >= 4 is 23.0 Å². The fourth-order valence-electron chi connectivity index (χ4n) is 0. The molecule has 0 aromatic heterocycles. The Kier molecular flexibility index (Phi) is 3260. The number of rotatable bonds is 0. The van der Waals surface area contributed by atoms with Crippen LogP contribution in [0.1, 0.15) is 0 Å². The molecule has 5 heteroatoms. The van der Waals surface area contributed by atoms with Gasteiger partial charge in [-0.3, -0.25) is 14.1 Å². The van der Waals surface area contributed by atoms with Crippen molar-refractivity contribution in [1.82, 2.24) is 0 Å². The van der Waals surface area contributed by atoms with Gasteiger partial charge in [-0.1, -0.05) is 0 Å². The summed E-state index contributed by atoms with van der Waals surface area (Å²) in [5.74, 6) is 0. The molecular formula is H3F3OSb. The molecule has 0 saturated carbocycles. The van der Waals surface area contributed by atoms with Gasteiger partial charge < -0.3 is 0 Å². The molecule has 1 radical (unpaired) electrons. The predicted molar refractivity (Wildman–Crippen MR) is 13.9 cm³/mol. The van der Waals surface area contributed by atoms with Crippen molar-refractivity contribution in [3.63, 3.8) is 0 Å². The van der Waals surface area contributed by atoms with Crippen LogP contribution in [0.15, 0.2) is 0 Å². The van der Waals surface area contributed by atoms with Crippen molar-refractivity contribution in [3.8, 4) is 0 Å². The summed E-state index contributed by atoms with van der Waals surface area (Å²) in [5, 5.41) is 0. The Morgan fingerprint density at radius 2 is 0.800 bits per heavy atom. The number of hydrogen-bond donors (Lipinski definition) is 0. The fourth-order valence-corrected chi connectivity index (χ4v) is 0. The molecule has 5 heavy (non-hydrogen) atoms. The molecule has 0 N–H and O–H groups in total. The van der Waals surface area contributed by atoms with E-state index in [0.717, 1.165) is 0 Å². The van der Waals surface area contributed by atoms with E-state index < -0.39 is 0 Å². The van der Waals surface area contributed by atoms with Gasteiger partial charge >= 0.3 is 26.0 Å². The molecule has 0 amide bonds. The number of hydrogen-bond acceptors (Lipinski definition) is 1. The topological polar surface area (TPSA) is 17.1 Å². The zero-order valence-corrected chi connectivity index (χ0v) is 4.63. The van der Waals surface area contributed by atoms with Crippen molar-refractivity contribution in [3.05, 3.63) is 0 Å². The molecule has 0 aliphatic heterocycles. The van der Waals surface area contributed by atoms with E-state index in [9.17, 15) is 0 Å². The fraction of sp³-hybridized carbons (Fsp3) is 0. The Hall–Kier alpha value is 0.408. The second-order valence-corrected chi connectivity index (χ2v) is 0. The maximum atomic E-state index is 8.30. The molecule has 0 aliphatic carbocycles. The first-order valence-electron chi connectivity index (χ1n) is 0.183. The summed E-state index contributed by atoms with van der Waals surface area (Å²) in [7, 11) is 0. The van der Waals surface area contributed by atoms with Crippen LogP contribution < -0.4 is 0 Å². The molecule has 0 aromatic carbocycles. The average molecular weight is 198 g/mol. The minimum atomic E-state index is 0. The Morgan fingerprint density at radius 1 is 0.800 bits per heavy atom. The predicted octanol–water partition coefficient (Wildman–Crippen LogP) is -0.0421. The van der Waals surface area contributed by atoms with Gasteiger partial charge in [0, 0.05) is 0 Å².